The molecular formula is C22H19N3O3. The molecule has 1 aliphatic heterocycles. The second-order valence-electron chi connectivity index (χ2n) is 6.46. The van der Waals surface area contributed by atoms with Crippen LogP contribution < -0.4 is 14.9 Å². The van der Waals surface area contributed by atoms with Gasteiger partial charge in [-0.1, -0.05) is 30.2 Å². The number of terminal acetylenes is 1. The van der Waals surface area contributed by atoms with E-state index in [0.717, 1.165) is 27.7 Å². The van der Waals surface area contributed by atoms with Crippen molar-refractivity contribution >= 4 is 23.0 Å². The maximum absolute atomic E-state index is 12.2. The first-order valence-electron chi connectivity index (χ1n) is 8.89. The average molecular weight is 373 g/mol. The van der Waals surface area contributed by atoms with Gasteiger partial charge in [-0.2, -0.15) is 5.10 Å². The van der Waals surface area contributed by atoms with Crippen molar-refractivity contribution in [1.29, 1.82) is 0 Å². The van der Waals surface area contributed by atoms with Crippen molar-refractivity contribution in [1.82, 2.24) is 9.99 Å². The van der Waals surface area contributed by atoms with Crippen LogP contribution in [0, 0.1) is 19.3 Å². The Bertz CT molecular complexity index is 1120. The Morgan fingerprint density at radius 2 is 2.11 bits per heavy atom. The van der Waals surface area contributed by atoms with E-state index in [4.69, 9.17) is 15.9 Å². The van der Waals surface area contributed by atoms with Crippen molar-refractivity contribution in [3.05, 3.63) is 59.3 Å². The molecule has 4 rings (SSSR count). The number of hydrogen-bond acceptors (Lipinski definition) is 4. The van der Waals surface area contributed by atoms with Crippen molar-refractivity contribution in [2.24, 2.45) is 5.10 Å². The van der Waals surface area contributed by atoms with Gasteiger partial charge in [0.15, 0.2) is 11.5 Å². The fourth-order valence-electron chi connectivity index (χ4n) is 3.36. The van der Waals surface area contributed by atoms with Crippen LogP contribution in [-0.2, 0) is 17.8 Å². The summed E-state index contributed by atoms with van der Waals surface area (Å²) >= 11 is 0. The number of rotatable bonds is 5. The number of amides is 1. The van der Waals surface area contributed by atoms with E-state index in [1.165, 1.54) is 0 Å². The molecule has 0 radical (unpaired) electrons. The molecular weight excluding hydrogens is 354 g/mol. The van der Waals surface area contributed by atoms with Gasteiger partial charge in [-0.3, -0.25) is 4.79 Å². The van der Waals surface area contributed by atoms with Crippen LogP contribution in [0.4, 0.5) is 0 Å². The molecule has 0 unspecified atom stereocenters. The SMILES string of the molecule is C#CCn1c(C)c(/C=N/NC(=O)Cc2ccc3c(c2)OCO3)c2ccccc21. The molecule has 0 atom stereocenters. The summed E-state index contributed by atoms with van der Waals surface area (Å²) < 4.78 is 12.7. The number of fused-ring (bicyclic) bond motifs is 2. The Kier molecular flexibility index (Phi) is 4.73. The van der Waals surface area contributed by atoms with E-state index in [1.54, 1.807) is 12.3 Å². The molecule has 0 bridgehead atoms. The number of nitrogens with zero attached hydrogens (tertiary/aromatic N) is 2. The summed E-state index contributed by atoms with van der Waals surface area (Å²) in [6, 6.07) is 13.4. The summed E-state index contributed by atoms with van der Waals surface area (Å²) in [5, 5.41) is 5.19. The summed E-state index contributed by atoms with van der Waals surface area (Å²) in [7, 11) is 0. The highest BCUT2D eigenvalue weighted by molar-refractivity contribution is 6.01. The first-order valence-corrected chi connectivity index (χ1v) is 8.89. The van der Waals surface area contributed by atoms with Gasteiger partial charge in [0.05, 0.1) is 19.2 Å². The molecule has 1 N–H and O–H groups in total. The first kappa shape index (κ1) is 17.7. The predicted molar refractivity (Wildman–Crippen MR) is 108 cm³/mol. The lowest BCUT2D eigenvalue weighted by Gasteiger charge is -2.03. The van der Waals surface area contributed by atoms with Crippen LogP contribution in [0.5, 0.6) is 11.5 Å². The van der Waals surface area contributed by atoms with Gasteiger partial charge in [0, 0.05) is 22.2 Å². The van der Waals surface area contributed by atoms with Gasteiger partial charge in [0.1, 0.15) is 0 Å². The third kappa shape index (κ3) is 3.30. The zero-order valence-electron chi connectivity index (χ0n) is 15.4. The molecule has 1 aromatic heterocycles. The van der Waals surface area contributed by atoms with E-state index in [-0.39, 0.29) is 19.1 Å². The molecule has 6 nitrogen and oxygen atoms in total. The quantitative estimate of drug-likeness (QED) is 0.425. The Morgan fingerprint density at radius 3 is 2.96 bits per heavy atom. The van der Waals surface area contributed by atoms with Crippen molar-refractivity contribution in [3.63, 3.8) is 0 Å². The Labute approximate surface area is 162 Å². The Hall–Kier alpha value is -3.72. The van der Waals surface area contributed by atoms with Gasteiger partial charge in [0.2, 0.25) is 12.7 Å². The van der Waals surface area contributed by atoms with E-state index in [2.05, 4.69) is 21.0 Å². The Balaban J connectivity index is 1.48. The van der Waals surface area contributed by atoms with Gasteiger partial charge in [-0.05, 0) is 30.7 Å². The number of nitrogens with one attached hydrogen (secondary N) is 1. The van der Waals surface area contributed by atoms with E-state index < -0.39 is 0 Å². The summed E-state index contributed by atoms with van der Waals surface area (Å²) in [4.78, 5) is 12.2. The number of carbonyl (C=O) groups is 1. The second kappa shape index (κ2) is 7.49. The first-order chi connectivity index (χ1) is 13.7. The summed E-state index contributed by atoms with van der Waals surface area (Å²) in [5.74, 6) is 3.82. The van der Waals surface area contributed by atoms with Gasteiger partial charge in [-0.25, -0.2) is 5.43 Å². The molecule has 6 heteroatoms. The molecule has 1 amide bonds. The second-order valence-corrected chi connectivity index (χ2v) is 6.46. The van der Waals surface area contributed by atoms with Crippen LogP contribution in [0.3, 0.4) is 0 Å². The lowest BCUT2D eigenvalue weighted by atomic mass is 10.1. The summed E-state index contributed by atoms with van der Waals surface area (Å²) in [6.07, 6.45) is 7.37. The minimum absolute atomic E-state index is 0.200. The van der Waals surface area contributed by atoms with E-state index in [1.807, 2.05) is 43.3 Å². The highest BCUT2D eigenvalue weighted by atomic mass is 16.7. The molecule has 3 aromatic rings. The van der Waals surface area contributed by atoms with Crippen LogP contribution in [0.1, 0.15) is 16.8 Å². The number of aromatic nitrogens is 1. The molecule has 0 saturated carbocycles. The van der Waals surface area contributed by atoms with Crippen molar-refractivity contribution in [2.45, 2.75) is 19.9 Å². The molecule has 0 aliphatic carbocycles. The van der Waals surface area contributed by atoms with Gasteiger partial charge in [-0.15, -0.1) is 6.42 Å². The summed E-state index contributed by atoms with van der Waals surface area (Å²) in [6.45, 7) is 2.69. The molecule has 2 aromatic carbocycles. The predicted octanol–water partition coefficient (Wildman–Crippen LogP) is 3.00. The molecule has 2 heterocycles. The maximum atomic E-state index is 12.2. The lowest BCUT2D eigenvalue weighted by molar-refractivity contribution is -0.120. The molecule has 0 fully saturated rings. The third-order valence-electron chi connectivity index (χ3n) is 4.71. The molecule has 0 spiro atoms. The normalized spacial score (nSPS) is 12.4. The van der Waals surface area contributed by atoms with Crippen LogP contribution in [-0.4, -0.2) is 23.5 Å². The van der Waals surface area contributed by atoms with Gasteiger partial charge < -0.3 is 14.0 Å². The van der Waals surface area contributed by atoms with Gasteiger partial charge in [0.25, 0.3) is 0 Å². The van der Waals surface area contributed by atoms with Crippen LogP contribution >= 0.6 is 0 Å². The largest absolute Gasteiger partial charge is 0.454 e. The number of para-hydroxylation sites is 1. The fraction of sp³-hybridized carbons (Fsp3) is 0.182. The minimum Gasteiger partial charge on any atom is -0.454 e. The van der Waals surface area contributed by atoms with Crippen LogP contribution in [0.25, 0.3) is 10.9 Å². The smallest absolute Gasteiger partial charge is 0.244 e. The Morgan fingerprint density at radius 1 is 1.29 bits per heavy atom. The zero-order chi connectivity index (χ0) is 19.5. The maximum Gasteiger partial charge on any atom is 0.244 e. The number of hydrogen-bond donors (Lipinski definition) is 1. The van der Waals surface area contributed by atoms with Crippen molar-refractivity contribution in [3.8, 4) is 23.8 Å². The zero-order valence-corrected chi connectivity index (χ0v) is 15.4. The summed E-state index contributed by atoms with van der Waals surface area (Å²) in [5.41, 5.74) is 6.42. The lowest BCUT2D eigenvalue weighted by Crippen LogP contribution is -2.19. The van der Waals surface area contributed by atoms with Crippen LogP contribution in [0.2, 0.25) is 0 Å². The van der Waals surface area contributed by atoms with E-state index in [0.29, 0.717) is 18.0 Å². The number of hydrazone groups is 1. The van der Waals surface area contributed by atoms with Crippen molar-refractivity contribution < 1.29 is 14.3 Å². The van der Waals surface area contributed by atoms with Crippen LogP contribution in [0.15, 0.2) is 47.6 Å². The molecule has 140 valence electrons. The van der Waals surface area contributed by atoms with E-state index >= 15 is 0 Å². The monoisotopic (exact) mass is 373 g/mol. The average Bonchev–Trinajstić information content (AvgIpc) is 3.26. The van der Waals surface area contributed by atoms with Gasteiger partial charge >= 0.3 is 0 Å². The highest BCUT2D eigenvalue weighted by Gasteiger charge is 2.15. The minimum atomic E-state index is -0.208. The molecule has 28 heavy (non-hydrogen) atoms. The number of benzene rings is 2. The number of carbonyl (C=O) groups excluding carboxylic acids is 1. The van der Waals surface area contributed by atoms with Crippen molar-refractivity contribution in [2.75, 3.05) is 6.79 Å². The molecule has 0 saturated heterocycles. The highest BCUT2D eigenvalue weighted by Crippen LogP contribution is 2.32. The fourth-order valence-corrected chi connectivity index (χ4v) is 3.36. The topological polar surface area (TPSA) is 64.9 Å². The third-order valence-corrected chi connectivity index (χ3v) is 4.71. The standard InChI is InChI=1S/C22H19N3O3/c1-3-10-25-15(2)18(17-6-4-5-7-19(17)25)13-23-24-22(26)12-16-8-9-20-21(11-16)28-14-27-20/h1,4-9,11,13H,10,12,14H2,2H3,(H,24,26)/b23-13+. The van der Waals surface area contributed by atoms with E-state index in [9.17, 15) is 4.79 Å². The number of ether oxygens (including phenoxy) is 2. The molecule has 1 aliphatic rings.